The van der Waals surface area contributed by atoms with E-state index in [9.17, 15) is 4.79 Å². The van der Waals surface area contributed by atoms with Crippen molar-refractivity contribution in [3.8, 4) is 17.0 Å². The number of aliphatic hydroxyl groups excluding tert-OH is 1. The molecule has 1 aromatic heterocycles. The minimum absolute atomic E-state index is 0.0499. The maximum absolute atomic E-state index is 12.8. The minimum atomic E-state index is -0.293. The van der Waals surface area contributed by atoms with Crippen LogP contribution in [-0.4, -0.2) is 36.3 Å². The number of rotatable bonds is 8. The number of halogens is 1. The fourth-order valence-corrected chi connectivity index (χ4v) is 3.80. The van der Waals surface area contributed by atoms with Crippen LogP contribution in [0.3, 0.4) is 0 Å². The van der Waals surface area contributed by atoms with Gasteiger partial charge in [-0.25, -0.2) is 4.98 Å². The molecule has 0 atom stereocenters. The SMILES string of the molecule is CC.CCc1nc(-c2ccc(NC(=O)c3ccc(OC)cc3NCCO)cc2Cl)cs1. The summed E-state index contributed by atoms with van der Waals surface area (Å²) in [7, 11) is 1.56. The Labute approximate surface area is 192 Å². The van der Waals surface area contributed by atoms with E-state index < -0.39 is 0 Å². The molecule has 0 aliphatic carbocycles. The number of aromatic nitrogens is 1. The van der Waals surface area contributed by atoms with Crippen molar-refractivity contribution >= 4 is 40.2 Å². The fourth-order valence-electron chi connectivity index (χ4n) is 2.78. The van der Waals surface area contributed by atoms with Gasteiger partial charge in [0.1, 0.15) is 5.75 Å². The molecular weight excluding hydrogens is 434 g/mol. The van der Waals surface area contributed by atoms with Crippen molar-refractivity contribution in [1.82, 2.24) is 4.98 Å². The highest BCUT2D eigenvalue weighted by Crippen LogP contribution is 2.32. The number of nitrogens with one attached hydrogen (secondary N) is 2. The monoisotopic (exact) mass is 461 g/mol. The van der Waals surface area contributed by atoms with E-state index >= 15 is 0 Å². The molecule has 0 saturated carbocycles. The zero-order chi connectivity index (χ0) is 22.8. The molecule has 0 unspecified atom stereocenters. The number of ether oxygens (including phenoxy) is 1. The van der Waals surface area contributed by atoms with Crippen LogP contribution in [0.5, 0.6) is 5.75 Å². The molecule has 0 aliphatic heterocycles. The van der Waals surface area contributed by atoms with Crippen molar-refractivity contribution in [3.05, 3.63) is 57.4 Å². The number of hydrogen-bond acceptors (Lipinski definition) is 6. The lowest BCUT2D eigenvalue weighted by atomic mass is 10.1. The van der Waals surface area contributed by atoms with Crippen LogP contribution >= 0.6 is 22.9 Å². The molecule has 1 heterocycles. The second-order valence-corrected chi connectivity index (χ2v) is 7.54. The van der Waals surface area contributed by atoms with Crippen molar-refractivity contribution in [2.45, 2.75) is 27.2 Å². The largest absolute Gasteiger partial charge is 0.497 e. The molecule has 6 nitrogen and oxygen atoms in total. The summed E-state index contributed by atoms with van der Waals surface area (Å²) in [5.74, 6) is 0.322. The highest BCUT2D eigenvalue weighted by molar-refractivity contribution is 7.09. The Kier molecular flexibility index (Phi) is 9.78. The molecule has 0 aliphatic rings. The second kappa shape index (κ2) is 12.3. The minimum Gasteiger partial charge on any atom is -0.497 e. The lowest BCUT2D eigenvalue weighted by molar-refractivity contribution is 0.102. The third-order valence-corrected chi connectivity index (χ3v) is 5.56. The Morgan fingerprint density at radius 3 is 2.61 bits per heavy atom. The van der Waals surface area contributed by atoms with Gasteiger partial charge >= 0.3 is 0 Å². The molecule has 3 rings (SSSR count). The standard InChI is InChI=1S/C21H22ClN3O3S.C2H6/c1-3-20-25-19(12-29-20)15-6-4-13(10-17(15)22)24-21(27)16-7-5-14(28-2)11-18(16)23-8-9-26;1-2/h4-7,10-12,23,26H,3,8-9H2,1-2H3,(H,24,27);1-2H3. The molecule has 31 heavy (non-hydrogen) atoms. The van der Waals surface area contributed by atoms with E-state index in [1.807, 2.05) is 25.3 Å². The Bertz CT molecular complexity index is 1010. The van der Waals surface area contributed by atoms with E-state index in [0.717, 1.165) is 22.7 Å². The van der Waals surface area contributed by atoms with Crippen LogP contribution in [0.1, 0.15) is 36.1 Å². The molecule has 166 valence electrons. The van der Waals surface area contributed by atoms with Crippen molar-refractivity contribution in [1.29, 1.82) is 0 Å². The molecule has 0 spiro atoms. The first-order valence-electron chi connectivity index (χ1n) is 10.1. The predicted molar refractivity (Wildman–Crippen MR) is 130 cm³/mol. The van der Waals surface area contributed by atoms with Crippen LogP contribution in [0, 0.1) is 0 Å². The van der Waals surface area contributed by atoms with E-state index in [4.69, 9.17) is 21.4 Å². The summed E-state index contributed by atoms with van der Waals surface area (Å²) < 4.78 is 5.21. The average molecular weight is 462 g/mol. The van der Waals surface area contributed by atoms with Crippen molar-refractivity contribution in [2.75, 3.05) is 30.9 Å². The first-order valence-corrected chi connectivity index (χ1v) is 11.4. The van der Waals surface area contributed by atoms with Gasteiger partial charge in [-0.1, -0.05) is 32.4 Å². The quantitative estimate of drug-likeness (QED) is 0.399. The molecule has 0 fully saturated rings. The highest BCUT2D eigenvalue weighted by atomic mass is 35.5. The number of aryl methyl sites for hydroxylation is 1. The Balaban J connectivity index is 0.00000166. The number of aliphatic hydroxyl groups is 1. The zero-order valence-corrected chi connectivity index (χ0v) is 19.7. The van der Waals surface area contributed by atoms with Crippen LogP contribution in [0.4, 0.5) is 11.4 Å². The summed E-state index contributed by atoms with van der Waals surface area (Å²) in [5.41, 5.74) is 3.26. The molecule has 3 aromatic rings. The zero-order valence-electron chi connectivity index (χ0n) is 18.2. The Morgan fingerprint density at radius 1 is 1.23 bits per heavy atom. The Morgan fingerprint density at radius 2 is 2.00 bits per heavy atom. The van der Waals surface area contributed by atoms with E-state index in [1.165, 1.54) is 0 Å². The number of carbonyl (C=O) groups excluding carboxylic acids is 1. The maximum Gasteiger partial charge on any atom is 0.257 e. The molecule has 0 bridgehead atoms. The van der Waals surface area contributed by atoms with Crippen LogP contribution in [0.2, 0.25) is 5.02 Å². The topological polar surface area (TPSA) is 83.5 Å². The summed E-state index contributed by atoms with van der Waals surface area (Å²) >= 11 is 8.04. The van der Waals surface area contributed by atoms with Crippen LogP contribution < -0.4 is 15.4 Å². The van der Waals surface area contributed by atoms with Gasteiger partial charge in [-0.05, 0) is 36.8 Å². The molecule has 2 aromatic carbocycles. The third kappa shape index (κ3) is 6.43. The van der Waals surface area contributed by atoms with Gasteiger partial charge in [0.25, 0.3) is 5.91 Å². The lowest BCUT2D eigenvalue weighted by Crippen LogP contribution is -2.16. The van der Waals surface area contributed by atoms with Crippen LogP contribution in [-0.2, 0) is 6.42 Å². The normalized spacial score (nSPS) is 10.1. The van der Waals surface area contributed by atoms with Gasteiger partial charge in [0.15, 0.2) is 0 Å². The van der Waals surface area contributed by atoms with Gasteiger partial charge in [0, 0.05) is 29.2 Å². The number of hydrogen-bond donors (Lipinski definition) is 3. The smallest absolute Gasteiger partial charge is 0.257 e. The molecule has 0 radical (unpaired) electrons. The number of methoxy groups -OCH3 is 1. The van der Waals surface area contributed by atoms with Crippen LogP contribution in [0.25, 0.3) is 11.3 Å². The number of amides is 1. The number of benzene rings is 2. The van der Waals surface area contributed by atoms with Crippen molar-refractivity contribution in [3.63, 3.8) is 0 Å². The van der Waals surface area contributed by atoms with Gasteiger partial charge in [0.2, 0.25) is 0 Å². The first-order chi connectivity index (χ1) is 15.0. The lowest BCUT2D eigenvalue weighted by Gasteiger charge is -2.13. The summed E-state index contributed by atoms with van der Waals surface area (Å²) in [6.45, 7) is 6.33. The summed E-state index contributed by atoms with van der Waals surface area (Å²) in [6.07, 6.45) is 0.880. The molecular formula is C23H28ClN3O3S. The first kappa shape index (κ1) is 24.7. The van der Waals surface area contributed by atoms with E-state index in [1.54, 1.807) is 48.8 Å². The summed E-state index contributed by atoms with van der Waals surface area (Å²) in [5, 5.41) is 18.5. The molecule has 1 amide bonds. The summed E-state index contributed by atoms with van der Waals surface area (Å²) in [6, 6.07) is 10.5. The van der Waals surface area contributed by atoms with Gasteiger partial charge in [-0.2, -0.15) is 0 Å². The van der Waals surface area contributed by atoms with Gasteiger partial charge in [0.05, 0.1) is 40.7 Å². The maximum atomic E-state index is 12.8. The molecule has 0 saturated heterocycles. The van der Waals surface area contributed by atoms with E-state index in [-0.39, 0.29) is 12.5 Å². The third-order valence-electron chi connectivity index (χ3n) is 4.26. The van der Waals surface area contributed by atoms with Crippen molar-refractivity contribution < 1.29 is 14.6 Å². The number of nitrogens with zero attached hydrogens (tertiary/aromatic N) is 1. The predicted octanol–water partition coefficient (Wildman–Crippen LogP) is 5.72. The number of carbonyl (C=O) groups is 1. The average Bonchev–Trinajstić information content (AvgIpc) is 3.27. The van der Waals surface area contributed by atoms with E-state index in [0.29, 0.717) is 34.3 Å². The fraction of sp³-hybridized carbons (Fsp3) is 0.304. The molecule has 3 N–H and O–H groups in total. The second-order valence-electron chi connectivity index (χ2n) is 6.19. The molecule has 8 heteroatoms. The van der Waals surface area contributed by atoms with Gasteiger partial charge < -0.3 is 20.5 Å². The number of anilines is 2. The summed E-state index contributed by atoms with van der Waals surface area (Å²) in [4.78, 5) is 17.4. The number of thiazole rings is 1. The van der Waals surface area contributed by atoms with Crippen LogP contribution in [0.15, 0.2) is 41.8 Å². The van der Waals surface area contributed by atoms with Crippen molar-refractivity contribution in [2.24, 2.45) is 0 Å². The Hall–Kier alpha value is -2.61. The van der Waals surface area contributed by atoms with Gasteiger partial charge in [-0.3, -0.25) is 4.79 Å². The van der Waals surface area contributed by atoms with Gasteiger partial charge in [-0.15, -0.1) is 11.3 Å². The highest BCUT2D eigenvalue weighted by Gasteiger charge is 2.14. The van der Waals surface area contributed by atoms with E-state index in [2.05, 4.69) is 22.5 Å².